The molecule has 0 aliphatic carbocycles. The quantitative estimate of drug-likeness (QED) is 0.179. The molecule has 3 heterocycles. The van der Waals surface area contributed by atoms with Crippen LogP contribution in [-0.4, -0.2) is 0 Å². The number of furan rings is 2. The minimum atomic E-state index is 0.826. The zero-order valence-corrected chi connectivity index (χ0v) is 27.1. The Morgan fingerprint density at radius 2 is 0.959 bits per heavy atom. The van der Waals surface area contributed by atoms with Gasteiger partial charge in [-0.15, -0.1) is 11.3 Å². The highest BCUT2D eigenvalue weighted by molar-refractivity contribution is 7.25. The topological polar surface area (TPSA) is 26.3 Å². The first-order valence-corrected chi connectivity index (χ1v) is 17.4. The van der Waals surface area contributed by atoms with Gasteiger partial charge in [-0.25, -0.2) is 0 Å². The van der Waals surface area contributed by atoms with E-state index in [1.54, 1.807) is 0 Å². The minimum Gasteiger partial charge on any atom is -0.464 e. The summed E-state index contributed by atoms with van der Waals surface area (Å²) in [4.78, 5) is 0. The van der Waals surface area contributed by atoms with Crippen molar-refractivity contribution in [3.8, 4) is 33.4 Å². The van der Waals surface area contributed by atoms with Gasteiger partial charge in [-0.3, -0.25) is 0 Å². The number of hydrogen-bond acceptors (Lipinski definition) is 3. The molecule has 3 heteroatoms. The van der Waals surface area contributed by atoms with Gasteiger partial charge in [0.25, 0.3) is 0 Å². The van der Waals surface area contributed by atoms with Gasteiger partial charge in [-0.05, 0) is 85.8 Å². The Labute approximate surface area is 285 Å². The molecule has 0 saturated heterocycles. The third-order valence-corrected chi connectivity index (χ3v) is 11.3. The van der Waals surface area contributed by atoms with Gasteiger partial charge in [0.05, 0.1) is 11.6 Å². The number of rotatable bonds is 3. The summed E-state index contributed by atoms with van der Waals surface area (Å²) >= 11 is 1.87. The lowest BCUT2D eigenvalue weighted by Gasteiger charge is -2.17. The van der Waals surface area contributed by atoms with Crippen molar-refractivity contribution in [2.75, 3.05) is 0 Å². The van der Waals surface area contributed by atoms with E-state index in [4.69, 9.17) is 8.83 Å². The van der Waals surface area contributed by atoms with Crippen LogP contribution < -0.4 is 0 Å². The fraction of sp³-hybridized carbons (Fsp3) is 0. The summed E-state index contributed by atoms with van der Waals surface area (Å²) in [5.74, 6) is 0. The molecular weight excluding hydrogens is 617 g/mol. The molecule has 49 heavy (non-hydrogen) atoms. The van der Waals surface area contributed by atoms with Crippen LogP contribution in [0.25, 0.3) is 108 Å². The van der Waals surface area contributed by atoms with Gasteiger partial charge in [-0.1, -0.05) is 115 Å². The number of thiophene rings is 1. The SMILES string of the molecule is c1ccc(-c2coc3ccc4c5ccc(-c6c7ccccc7c(-c7ccc8c(c7)sc7ccccc78)c7ccccc67)cc5oc4c23)cc1. The lowest BCUT2D eigenvalue weighted by molar-refractivity contribution is 0.616. The van der Waals surface area contributed by atoms with Crippen LogP contribution in [0.2, 0.25) is 0 Å². The average Bonchev–Trinajstić information content (AvgIpc) is 3.86. The molecule has 0 atom stereocenters. The Balaban J connectivity index is 1.16. The molecule has 0 spiro atoms. The van der Waals surface area contributed by atoms with E-state index in [9.17, 15) is 0 Å². The highest BCUT2D eigenvalue weighted by atomic mass is 32.1. The van der Waals surface area contributed by atoms with Crippen LogP contribution in [0.15, 0.2) is 167 Å². The van der Waals surface area contributed by atoms with Crippen LogP contribution in [0.3, 0.4) is 0 Å². The lowest BCUT2D eigenvalue weighted by Crippen LogP contribution is -1.90. The Kier molecular flexibility index (Phi) is 5.57. The van der Waals surface area contributed by atoms with E-state index in [0.717, 1.165) is 49.6 Å². The molecule has 11 rings (SSSR count). The van der Waals surface area contributed by atoms with Crippen molar-refractivity contribution in [3.63, 3.8) is 0 Å². The predicted octanol–water partition coefficient (Wildman–Crippen LogP) is 14.0. The maximum Gasteiger partial charge on any atom is 0.147 e. The van der Waals surface area contributed by atoms with E-state index in [1.807, 2.05) is 23.7 Å². The van der Waals surface area contributed by atoms with Crippen molar-refractivity contribution in [2.24, 2.45) is 0 Å². The molecule has 228 valence electrons. The number of benzene rings is 8. The molecule has 2 nitrogen and oxygen atoms in total. The Hall–Kier alpha value is -6.16. The molecule has 0 amide bonds. The molecule has 11 aromatic rings. The van der Waals surface area contributed by atoms with E-state index in [1.165, 1.54) is 58.4 Å². The van der Waals surface area contributed by atoms with Crippen LogP contribution in [-0.2, 0) is 0 Å². The zero-order chi connectivity index (χ0) is 32.1. The Bertz CT molecular complexity index is 3050. The first-order valence-electron chi connectivity index (χ1n) is 16.6. The number of hydrogen-bond donors (Lipinski definition) is 0. The predicted molar refractivity (Wildman–Crippen MR) is 208 cm³/mol. The smallest absolute Gasteiger partial charge is 0.147 e. The minimum absolute atomic E-state index is 0.826. The largest absolute Gasteiger partial charge is 0.464 e. The molecular formula is C46H26O2S. The van der Waals surface area contributed by atoms with Crippen molar-refractivity contribution < 1.29 is 8.83 Å². The van der Waals surface area contributed by atoms with Gasteiger partial charge in [0.15, 0.2) is 0 Å². The molecule has 0 radical (unpaired) electrons. The van der Waals surface area contributed by atoms with Crippen LogP contribution in [0, 0.1) is 0 Å². The van der Waals surface area contributed by atoms with E-state index in [0.29, 0.717) is 0 Å². The normalized spacial score (nSPS) is 12.1. The molecule has 8 aromatic carbocycles. The van der Waals surface area contributed by atoms with Gasteiger partial charge in [-0.2, -0.15) is 0 Å². The third-order valence-electron chi connectivity index (χ3n) is 10.1. The molecule has 0 unspecified atom stereocenters. The Morgan fingerprint density at radius 1 is 0.388 bits per heavy atom. The standard InChI is InChI=1S/C46H26O2S/c1-2-10-27(11-3-1)38-26-47-39-23-22-37-30-20-18-28(24-40(30)48-46(37)45(38)39)43-33-13-4-6-15-35(33)44(36-16-7-5-14-34(36)43)29-19-21-32-31-12-8-9-17-41(31)49-42(32)25-29/h1-26H. The first-order chi connectivity index (χ1) is 24.3. The summed E-state index contributed by atoms with van der Waals surface area (Å²) in [6, 6.07) is 54.7. The second kappa shape index (κ2) is 10.2. The van der Waals surface area contributed by atoms with Crippen LogP contribution in [0.4, 0.5) is 0 Å². The van der Waals surface area contributed by atoms with Crippen LogP contribution >= 0.6 is 11.3 Å². The summed E-state index contributed by atoms with van der Waals surface area (Å²) < 4.78 is 15.4. The molecule has 0 aliphatic rings. The average molecular weight is 643 g/mol. The maximum absolute atomic E-state index is 6.77. The van der Waals surface area contributed by atoms with Gasteiger partial charge >= 0.3 is 0 Å². The highest BCUT2D eigenvalue weighted by Gasteiger charge is 2.20. The maximum atomic E-state index is 6.77. The van der Waals surface area contributed by atoms with Gasteiger partial charge < -0.3 is 8.83 Å². The summed E-state index contributed by atoms with van der Waals surface area (Å²) in [5, 5.41) is 10.8. The molecule has 0 fully saturated rings. The molecule has 3 aromatic heterocycles. The van der Waals surface area contributed by atoms with Crippen LogP contribution in [0.5, 0.6) is 0 Å². The first kappa shape index (κ1) is 26.9. The van der Waals surface area contributed by atoms with Crippen molar-refractivity contribution in [1.82, 2.24) is 0 Å². The summed E-state index contributed by atoms with van der Waals surface area (Å²) in [6.45, 7) is 0. The monoisotopic (exact) mass is 642 g/mol. The van der Waals surface area contributed by atoms with E-state index in [-0.39, 0.29) is 0 Å². The summed E-state index contributed by atoms with van der Waals surface area (Å²) in [7, 11) is 0. The van der Waals surface area contributed by atoms with Gasteiger partial charge in [0, 0.05) is 36.5 Å². The van der Waals surface area contributed by atoms with Crippen LogP contribution in [0.1, 0.15) is 0 Å². The van der Waals surface area contributed by atoms with Crippen molar-refractivity contribution in [1.29, 1.82) is 0 Å². The van der Waals surface area contributed by atoms with Gasteiger partial charge in [0.1, 0.15) is 16.7 Å². The fourth-order valence-electron chi connectivity index (χ4n) is 7.97. The van der Waals surface area contributed by atoms with E-state index < -0.39 is 0 Å². The Morgan fingerprint density at radius 3 is 1.67 bits per heavy atom. The fourth-order valence-corrected chi connectivity index (χ4v) is 9.12. The molecule has 0 saturated carbocycles. The van der Waals surface area contributed by atoms with Crippen molar-refractivity contribution in [2.45, 2.75) is 0 Å². The van der Waals surface area contributed by atoms with Crippen molar-refractivity contribution in [3.05, 3.63) is 158 Å². The summed E-state index contributed by atoms with van der Waals surface area (Å²) in [6.07, 6.45) is 1.84. The molecule has 0 aliphatic heterocycles. The summed E-state index contributed by atoms with van der Waals surface area (Å²) in [5.41, 5.74) is 9.58. The van der Waals surface area contributed by atoms with E-state index >= 15 is 0 Å². The molecule has 0 N–H and O–H groups in total. The second-order valence-corrected chi connectivity index (χ2v) is 13.9. The lowest BCUT2D eigenvalue weighted by atomic mass is 9.85. The third kappa shape index (κ3) is 3.88. The highest BCUT2D eigenvalue weighted by Crippen LogP contribution is 2.47. The van der Waals surface area contributed by atoms with E-state index in [2.05, 4.69) is 146 Å². The van der Waals surface area contributed by atoms with Crippen molar-refractivity contribution >= 4 is 86.0 Å². The second-order valence-electron chi connectivity index (χ2n) is 12.8. The number of fused-ring (bicyclic) bond motifs is 10. The zero-order valence-electron chi connectivity index (χ0n) is 26.2. The molecule has 0 bridgehead atoms. The van der Waals surface area contributed by atoms with Gasteiger partial charge in [0.2, 0.25) is 0 Å².